The monoisotopic (exact) mass is 276 g/mol. The van der Waals surface area contributed by atoms with Crippen LogP contribution in [0.5, 0.6) is 0 Å². The van der Waals surface area contributed by atoms with Crippen molar-refractivity contribution in [1.29, 1.82) is 4.78 Å². The van der Waals surface area contributed by atoms with E-state index in [1.54, 1.807) is 12.4 Å². The summed E-state index contributed by atoms with van der Waals surface area (Å²) in [5.74, 6) is 0.866. The lowest BCUT2D eigenvalue weighted by atomic mass is 9.89. The number of rotatable bonds is 3. The molecule has 4 heteroatoms. The van der Waals surface area contributed by atoms with Gasteiger partial charge in [0.1, 0.15) is 0 Å². The molecule has 2 aromatic rings. The van der Waals surface area contributed by atoms with Crippen molar-refractivity contribution in [3.8, 4) is 0 Å². The number of aromatic nitrogens is 1. The van der Waals surface area contributed by atoms with Crippen LogP contribution in [0.1, 0.15) is 32.3 Å². The van der Waals surface area contributed by atoms with Crippen molar-refractivity contribution in [3.63, 3.8) is 0 Å². The van der Waals surface area contributed by atoms with Gasteiger partial charge in [-0.3, -0.25) is 4.98 Å². The first-order chi connectivity index (χ1) is 8.80. The van der Waals surface area contributed by atoms with Crippen LogP contribution in [0.2, 0.25) is 0 Å². The average molecular weight is 276 g/mol. The Labute approximate surface area is 115 Å². The summed E-state index contributed by atoms with van der Waals surface area (Å²) >= 11 is 0. The van der Waals surface area contributed by atoms with Gasteiger partial charge in [-0.25, -0.2) is 8.99 Å². The van der Waals surface area contributed by atoms with Crippen LogP contribution in [-0.4, -0.2) is 15.4 Å². The summed E-state index contributed by atoms with van der Waals surface area (Å²) in [6.07, 6.45) is 4.94. The van der Waals surface area contributed by atoms with Crippen molar-refractivity contribution in [1.82, 2.24) is 4.98 Å². The first-order valence-corrected chi connectivity index (χ1v) is 8.39. The molecule has 3 nitrogen and oxygen atoms in total. The zero-order valence-electron chi connectivity index (χ0n) is 11.8. The van der Waals surface area contributed by atoms with Gasteiger partial charge in [0.05, 0.1) is 14.6 Å². The lowest BCUT2D eigenvalue weighted by Gasteiger charge is -2.18. The maximum absolute atomic E-state index is 12.2. The number of hydrogen-bond donors (Lipinski definition) is 1. The highest BCUT2D eigenvalue weighted by Gasteiger charge is 2.16. The zero-order chi connectivity index (χ0) is 14.2. The van der Waals surface area contributed by atoms with Gasteiger partial charge in [0.25, 0.3) is 0 Å². The summed E-state index contributed by atoms with van der Waals surface area (Å²) in [7, 11) is -2.74. The number of benzene rings is 1. The van der Waals surface area contributed by atoms with Gasteiger partial charge in [0, 0.05) is 29.4 Å². The van der Waals surface area contributed by atoms with Crippen molar-refractivity contribution in [3.05, 3.63) is 36.2 Å². The molecular formula is C15H20N2OS. The predicted molar refractivity (Wildman–Crippen MR) is 80.0 cm³/mol. The van der Waals surface area contributed by atoms with E-state index in [9.17, 15) is 4.21 Å². The molecule has 19 heavy (non-hydrogen) atoms. The summed E-state index contributed by atoms with van der Waals surface area (Å²) in [5.41, 5.74) is 1.13. The molecule has 102 valence electrons. The molecule has 0 radical (unpaired) electrons. The Balaban J connectivity index is 2.78. The molecule has 0 aliphatic rings. The summed E-state index contributed by atoms with van der Waals surface area (Å²) in [6.45, 7) is 6.50. The van der Waals surface area contributed by atoms with Crippen LogP contribution in [-0.2, 0) is 9.73 Å². The Morgan fingerprint density at radius 3 is 2.53 bits per heavy atom. The van der Waals surface area contributed by atoms with Gasteiger partial charge >= 0.3 is 0 Å². The maximum atomic E-state index is 12.2. The number of nitrogens with one attached hydrogen (secondary N) is 1. The molecule has 0 aliphatic heterocycles. The Bertz CT molecular complexity index is 705. The fraction of sp³-hybridized carbons (Fsp3) is 0.400. The van der Waals surface area contributed by atoms with E-state index in [4.69, 9.17) is 4.78 Å². The van der Waals surface area contributed by atoms with Gasteiger partial charge in [0.15, 0.2) is 0 Å². The molecular weight excluding hydrogens is 256 g/mol. The molecule has 1 heterocycles. The molecule has 0 amide bonds. The number of pyridine rings is 1. The summed E-state index contributed by atoms with van der Waals surface area (Å²) < 4.78 is 20.1. The molecule has 0 saturated heterocycles. The highest BCUT2D eigenvalue weighted by molar-refractivity contribution is 7.92. The second kappa shape index (κ2) is 4.93. The standard InChI is InChI=1S/C15H20N2OS/c1-10(2)11(3)12-7-13-9-17-6-5-14(13)15(8-12)19(4,16)18/h5-11,16H,1-4H3. The van der Waals surface area contributed by atoms with Crippen LogP contribution in [0.25, 0.3) is 10.8 Å². The van der Waals surface area contributed by atoms with Crippen LogP contribution < -0.4 is 0 Å². The van der Waals surface area contributed by atoms with Crippen molar-refractivity contribution in [2.24, 2.45) is 5.92 Å². The molecule has 2 unspecified atom stereocenters. The average Bonchev–Trinajstić information content (AvgIpc) is 2.35. The second-order valence-corrected chi connectivity index (χ2v) is 7.62. The minimum Gasteiger partial charge on any atom is -0.264 e. The van der Waals surface area contributed by atoms with E-state index < -0.39 is 9.73 Å². The van der Waals surface area contributed by atoms with Gasteiger partial charge in [-0.2, -0.15) is 0 Å². The van der Waals surface area contributed by atoms with Crippen LogP contribution >= 0.6 is 0 Å². The molecule has 0 bridgehead atoms. The van der Waals surface area contributed by atoms with E-state index in [2.05, 4.69) is 31.8 Å². The lowest BCUT2D eigenvalue weighted by Crippen LogP contribution is -2.05. The fourth-order valence-electron chi connectivity index (χ4n) is 2.17. The first-order valence-electron chi connectivity index (χ1n) is 6.42. The van der Waals surface area contributed by atoms with Crippen molar-refractivity contribution in [2.75, 3.05) is 6.26 Å². The van der Waals surface area contributed by atoms with Crippen molar-refractivity contribution in [2.45, 2.75) is 31.6 Å². The maximum Gasteiger partial charge on any atom is 0.0703 e. The summed E-state index contributed by atoms with van der Waals surface area (Å²) in [5, 5.41) is 1.83. The molecule has 2 atom stereocenters. The van der Waals surface area contributed by atoms with Crippen LogP contribution in [0, 0.1) is 10.7 Å². The molecule has 1 N–H and O–H groups in total. The Morgan fingerprint density at radius 2 is 1.95 bits per heavy atom. The Kier molecular flexibility index (Phi) is 3.63. The summed E-state index contributed by atoms with van der Waals surface area (Å²) in [6, 6.07) is 5.87. The van der Waals surface area contributed by atoms with Gasteiger partial charge in [-0.15, -0.1) is 0 Å². The third-order valence-corrected chi connectivity index (χ3v) is 4.86. The largest absolute Gasteiger partial charge is 0.264 e. The van der Waals surface area contributed by atoms with Crippen molar-refractivity contribution < 1.29 is 4.21 Å². The number of nitrogens with zero attached hydrogens (tertiary/aromatic N) is 1. The fourth-order valence-corrected chi connectivity index (χ4v) is 3.13. The molecule has 2 rings (SSSR count). The van der Waals surface area contributed by atoms with Crippen LogP contribution in [0.15, 0.2) is 35.5 Å². The Hall–Kier alpha value is -1.42. The molecule has 1 aromatic carbocycles. The Morgan fingerprint density at radius 1 is 1.26 bits per heavy atom. The topological polar surface area (TPSA) is 53.8 Å². The molecule has 1 aromatic heterocycles. The van der Waals surface area contributed by atoms with Gasteiger partial charge in [0.2, 0.25) is 0 Å². The first kappa shape index (κ1) is 14.0. The van der Waals surface area contributed by atoms with E-state index in [0.29, 0.717) is 16.7 Å². The highest BCUT2D eigenvalue weighted by atomic mass is 32.2. The quantitative estimate of drug-likeness (QED) is 0.920. The van der Waals surface area contributed by atoms with E-state index in [1.165, 1.54) is 6.26 Å². The predicted octanol–water partition coefficient (Wildman–Crippen LogP) is 4.03. The van der Waals surface area contributed by atoms with Crippen LogP contribution in [0.4, 0.5) is 0 Å². The minimum absolute atomic E-state index is 0.366. The molecule has 0 aliphatic carbocycles. The van der Waals surface area contributed by atoms with Gasteiger partial charge in [-0.1, -0.05) is 20.8 Å². The van der Waals surface area contributed by atoms with E-state index in [1.807, 2.05) is 12.1 Å². The van der Waals surface area contributed by atoms with Crippen molar-refractivity contribution >= 4 is 20.5 Å². The third kappa shape index (κ3) is 2.78. The lowest BCUT2D eigenvalue weighted by molar-refractivity contribution is 0.534. The van der Waals surface area contributed by atoms with Crippen LogP contribution in [0.3, 0.4) is 0 Å². The number of hydrogen-bond acceptors (Lipinski definition) is 3. The molecule has 0 fully saturated rings. The second-order valence-electron chi connectivity index (χ2n) is 5.49. The van der Waals surface area contributed by atoms with E-state index >= 15 is 0 Å². The molecule has 0 saturated carbocycles. The molecule has 0 spiro atoms. The highest BCUT2D eigenvalue weighted by Crippen LogP contribution is 2.31. The normalized spacial score (nSPS) is 16.5. The zero-order valence-corrected chi connectivity index (χ0v) is 12.6. The van der Waals surface area contributed by atoms with Gasteiger partial charge in [-0.05, 0) is 35.6 Å². The van der Waals surface area contributed by atoms with E-state index in [-0.39, 0.29) is 0 Å². The SMILES string of the molecule is CC(C)C(C)c1cc(S(C)(=N)=O)c2ccncc2c1. The summed E-state index contributed by atoms with van der Waals surface area (Å²) in [4.78, 5) is 4.75. The minimum atomic E-state index is -2.74. The third-order valence-electron chi connectivity index (χ3n) is 3.68. The number of fused-ring (bicyclic) bond motifs is 1. The van der Waals surface area contributed by atoms with Gasteiger partial charge < -0.3 is 0 Å². The van der Waals surface area contributed by atoms with E-state index in [0.717, 1.165) is 16.3 Å². The smallest absolute Gasteiger partial charge is 0.0703 e.